The minimum Gasteiger partial charge on any atom is -0.384 e. The molecule has 0 amide bonds. The summed E-state index contributed by atoms with van der Waals surface area (Å²) in [7, 11) is 0. The fraction of sp³-hybridized carbons (Fsp3) is 0.214. The van der Waals surface area contributed by atoms with Crippen molar-refractivity contribution < 1.29 is 0 Å². The number of anilines is 1. The van der Waals surface area contributed by atoms with E-state index in [1.807, 2.05) is 10.5 Å². The molecule has 3 heterocycles. The monoisotopic (exact) mass is 251 g/mol. The van der Waals surface area contributed by atoms with Crippen molar-refractivity contribution in [3.63, 3.8) is 0 Å². The summed E-state index contributed by atoms with van der Waals surface area (Å²) in [5, 5.41) is 12.0. The summed E-state index contributed by atoms with van der Waals surface area (Å²) >= 11 is 0. The maximum Gasteiger partial charge on any atom is 0.163 e. The summed E-state index contributed by atoms with van der Waals surface area (Å²) in [6.07, 6.45) is 4.51. The number of benzene rings is 1. The first-order valence-electron chi connectivity index (χ1n) is 6.38. The van der Waals surface area contributed by atoms with Crippen LogP contribution in [0.1, 0.15) is 17.3 Å². The standard InChI is InChI=1S/C14H13N5/c1-2-4-12-10(3-1)7-11(8-16-12)14-18-17-13-5-6-15-9-19(13)14/h1-6,9,11,16H,7-8H2. The van der Waals surface area contributed by atoms with Crippen LogP contribution in [0.3, 0.4) is 0 Å². The van der Waals surface area contributed by atoms with Crippen LogP contribution in [0.4, 0.5) is 5.69 Å². The highest BCUT2D eigenvalue weighted by atomic mass is 15.3. The molecule has 1 aromatic carbocycles. The van der Waals surface area contributed by atoms with Gasteiger partial charge in [0.25, 0.3) is 0 Å². The van der Waals surface area contributed by atoms with Crippen LogP contribution in [0.2, 0.25) is 0 Å². The minimum atomic E-state index is 0.328. The normalized spacial score (nSPS) is 18.0. The number of aromatic nitrogens is 4. The SMILES string of the molecule is c1ccc2c(c1)CC(c1nnc3ccncn13)CN2. The van der Waals surface area contributed by atoms with E-state index in [9.17, 15) is 0 Å². The Hall–Kier alpha value is -2.43. The van der Waals surface area contributed by atoms with Crippen molar-refractivity contribution in [1.29, 1.82) is 0 Å². The second-order valence-corrected chi connectivity index (χ2v) is 4.81. The van der Waals surface area contributed by atoms with Crippen molar-refractivity contribution in [2.75, 3.05) is 11.9 Å². The summed E-state index contributed by atoms with van der Waals surface area (Å²) in [5.41, 5.74) is 3.41. The fourth-order valence-corrected chi connectivity index (χ4v) is 2.67. The van der Waals surface area contributed by atoms with Crippen LogP contribution in [-0.4, -0.2) is 26.1 Å². The number of fused-ring (bicyclic) bond motifs is 2. The number of rotatable bonds is 1. The van der Waals surface area contributed by atoms with Gasteiger partial charge in [-0.1, -0.05) is 18.2 Å². The van der Waals surface area contributed by atoms with Crippen LogP contribution in [0, 0.1) is 0 Å². The predicted octanol–water partition coefficient (Wildman–Crippen LogP) is 1.88. The molecule has 0 aliphatic carbocycles. The van der Waals surface area contributed by atoms with Crippen LogP contribution < -0.4 is 5.32 Å². The van der Waals surface area contributed by atoms with Gasteiger partial charge in [-0.05, 0) is 18.1 Å². The molecule has 5 nitrogen and oxygen atoms in total. The van der Waals surface area contributed by atoms with Gasteiger partial charge >= 0.3 is 0 Å². The van der Waals surface area contributed by atoms with Gasteiger partial charge < -0.3 is 5.32 Å². The Morgan fingerprint density at radius 1 is 1.16 bits per heavy atom. The van der Waals surface area contributed by atoms with Gasteiger partial charge in [0, 0.05) is 30.4 Å². The van der Waals surface area contributed by atoms with Gasteiger partial charge in [0.05, 0.1) is 0 Å². The van der Waals surface area contributed by atoms with E-state index in [0.29, 0.717) is 5.92 Å². The smallest absolute Gasteiger partial charge is 0.163 e. The fourth-order valence-electron chi connectivity index (χ4n) is 2.67. The van der Waals surface area contributed by atoms with Crippen LogP contribution >= 0.6 is 0 Å². The minimum absolute atomic E-state index is 0.328. The maximum atomic E-state index is 4.32. The molecule has 0 radical (unpaired) electrons. The molecule has 19 heavy (non-hydrogen) atoms. The Morgan fingerprint density at radius 3 is 3.11 bits per heavy atom. The van der Waals surface area contributed by atoms with Crippen LogP contribution in [-0.2, 0) is 6.42 Å². The highest BCUT2D eigenvalue weighted by Gasteiger charge is 2.23. The zero-order chi connectivity index (χ0) is 12.7. The number of nitrogens with zero attached hydrogens (tertiary/aromatic N) is 4. The van der Waals surface area contributed by atoms with Crippen molar-refractivity contribution in [2.45, 2.75) is 12.3 Å². The number of nitrogens with one attached hydrogen (secondary N) is 1. The van der Waals surface area contributed by atoms with E-state index in [2.05, 4.69) is 44.8 Å². The Labute approximate surface area is 110 Å². The van der Waals surface area contributed by atoms with Crippen LogP contribution in [0.5, 0.6) is 0 Å². The molecular weight excluding hydrogens is 238 g/mol. The summed E-state index contributed by atoms with van der Waals surface area (Å²) < 4.78 is 1.97. The molecule has 1 unspecified atom stereocenters. The van der Waals surface area contributed by atoms with Crippen molar-refractivity contribution >= 4 is 11.3 Å². The summed E-state index contributed by atoms with van der Waals surface area (Å²) in [5.74, 6) is 1.30. The van der Waals surface area contributed by atoms with E-state index in [4.69, 9.17) is 0 Å². The molecule has 1 aliphatic heterocycles. The van der Waals surface area contributed by atoms with Gasteiger partial charge in [0.2, 0.25) is 0 Å². The van der Waals surface area contributed by atoms with Crippen molar-refractivity contribution in [3.8, 4) is 0 Å². The van der Waals surface area contributed by atoms with E-state index in [1.54, 1.807) is 12.5 Å². The highest BCUT2D eigenvalue weighted by Crippen LogP contribution is 2.29. The van der Waals surface area contributed by atoms with Crippen LogP contribution in [0.15, 0.2) is 42.9 Å². The molecule has 0 saturated heterocycles. The molecule has 0 spiro atoms. The molecular formula is C14H13N5. The van der Waals surface area contributed by atoms with Gasteiger partial charge in [-0.25, -0.2) is 4.98 Å². The van der Waals surface area contributed by atoms with E-state index in [-0.39, 0.29) is 0 Å². The predicted molar refractivity (Wildman–Crippen MR) is 72.2 cm³/mol. The van der Waals surface area contributed by atoms with E-state index in [0.717, 1.165) is 24.4 Å². The van der Waals surface area contributed by atoms with E-state index < -0.39 is 0 Å². The topological polar surface area (TPSA) is 55.1 Å². The molecule has 5 heteroatoms. The van der Waals surface area contributed by atoms with Crippen molar-refractivity contribution in [3.05, 3.63) is 54.2 Å². The van der Waals surface area contributed by atoms with Gasteiger partial charge in [-0.2, -0.15) is 0 Å². The van der Waals surface area contributed by atoms with Crippen molar-refractivity contribution in [1.82, 2.24) is 19.6 Å². The lowest BCUT2D eigenvalue weighted by atomic mass is 9.93. The molecule has 1 aliphatic rings. The summed E-state index contributed by atoms with van der Waals surface area (Å²) in [6.45, 7) is 0.882. The number of hydrogen-bond acceptors (Lipinski definition) is 4. The van der Waals surface area contributed by atoms with E-state index in [1.165, 1.54) is 11.3 Å². The van der Waals surface area contributed by atoms with Gasteiger partial charge in [0.1, 0.15) is 12.2 Å². The molecule has 4 rings (SSSR count). The third-order valence-corrected chi connectivity index (χ3v) is 3.63. The van der Waals surface area contributed by atoms with Gasteiger partial charge in [0.15, 0.2) is 5.65 Å². The lowest BCUT2D eigenvalue weighted by Gasteiger charge is -2.24. The summed E-state index contributed by atoms with van der Waals surface area (Å²) in [4.78, 5) is 4.15. The second-order valence-electron chi connectivity index (χ2n) is 4.81. The molecule has 1 N–H and O–H groups in total. The first kappa shape index (κ1) is 10.5. The lowest BCUT2D eigenvalue weighted by molar-refractivity contribution is 0.638. The van der Waals surface area contributed by atoms with Crippen LogP contribution in [0.25, 0.3) is 5.65 Å². The van der Waals surface area contributed by atoms with E-state index >= 15 is 0 Å². The molecule has 94 valence electrons. The lowest BCUT2D eigenvalue weighted by Crippen LogP contribution is -2.23. The molecule has 2 aromatic heterocycles. The van der Waals surface area contributed by atoms with Gasteiger partial charge in [-0.15, -0.1) is 10.2 Å². The quantitative estimate of drug-likeness (QED) is 0.717. The Bertz CT molecular complexity index is 733. The number of hydrogen-bond donors (Lipinski definition) is 1. The summed E-state index contributed by atoms with van der Waals surface area (Å²) in [6, 6.07) is 10.3. The Kier molecular flexibility index (Phi) is 2.24. The first-order valence-corrected chi connectivity index (χ1v) is 6.38. The highest BCUT2D eigenvalue weighted by molar-refractivity contribution is 5.54. The maximum absolute atomic E-state index is 4.32. The average Bonchev–Trinajstić information content (AvgIpc) is 2.91. The third kappa shape index (κ3) is 1.66. The van der Waals surface area contributed by atoms with Gasteiger partial charge in [-0.3, -0.25) is 4.40 Å². The molecule has 1 atom stereocenters. The zero-order valence-corrected chi connectivity index (χ0v) is 10.3. The Balaban J connectivity index is 1.75. The third-order valence-electron chi connectivity index (χ3n) is 3.63. The molecule has 0 bridgehead atoms. The molecule has 0 fully saturated rings. The zero-order valence-electron chi connectivity index (χ0n) is 10.3. The first-order chi connectivity index (χ1) is 9.42. The molecule has 0 saturated carbocycles. The molecule has 3 aromatic rings. The van der Waals surface area contributed by atoms with Crippen molar-refractivity contribution in [2.24, 2.45) is 0 Å². The number of para-hydroxylation sites is 1. The Morgan fingerprint density at radius 2 is 2.11 bits per heavy atom. The average molecular weight is 251 g/mol. The largest absolute Gasteiger partial charge is 0.384 e. The second kappa shape index (κ2) is 4.05.